The van der Waals surface area contributed by atoms with Gasteiger partial charge >= 0.3 is 0 Å². The predicted molar refractivity (Wildman–Crippen MR) is 121 cm³/mol. The van der Waals surface area contributed by atoms with Crippen LogP contribution in [0.1, 0.15) is 35.6 Å². The molecule has 6 heteroatoms. The van der Waals surface area contributed by atoms with Crippen molar-refractivity contribution in [2.45, 2.75) is 52.3 Å². The van der Waals surface area contributed by atoms with E-state index in [2.05, 4.69) is 36.1 Å². The Balaban J connectivity index is 1.67. The summed E-state index contributed by atoms with van der Waals surface area (Å²) < 4.78 is 29.9. The first-order chi connectivity index (χ1) is 14.3. The number of ether oxygens (including phenoxy) is 1. The van der Waals surface area contributed by atoms with Gasteiger partial charge in [0.05, 0.1) is 11.5 Å². The molecule has 2 aromatic rings. The molecular formula is C24H33NO4S. The molecule has 0 aromatic heterocycles. The highest BCUT2D eigenvalue weighted by atomic mass is 32.2. The topological polar surface area (TPSA) is 66.8 Å². The second kappa shape index (κ2) is 9.94. The number of hydrogen-bond donors (Lipinski definition) is 1. The molecule has 1 N–H and O–H groups in total. The molecule has 5 nitrogen and oxygen atoms in total. The van der Waals surface area contributed by atoms with Gasteiger partial charge in [-0.05, 0) is 55.0 Å². The Morgan fingerprint density at radius 3 is 2.47 bits per heavy atom. The molecule has 0 aliphatic carbocycles. The highest BCUT2D eigenvalue weighted by Crippen LogP contribution is 2.23. The van der Waals surface area contributed by atoms with E-state index in [1.54, 1.807) is 0 Å². The number of aryl methyl sites for hydroxylation is 2. The third-order valence-corrected chi connectivity index (χ3v) is 7.72. The maximum Gasteiger partial charge on any atom is 0.151 e. The van der Waals surface area contributed by atoms with E-state index in [0.29, 0.717) is 19.5 Å². The van der Waals surface area contributed by atoms with Crippen molar-refractivity contribution in [3.05, 3.63) is 64.7 Å². The van der Waals surface area contributed by atoms with Crippen molar-refractivity contribution in [1.29, 1.82) is 0 Å². The van der Waals surface area contributed by atoms with E-state index in [-0.39, 0.29) is 24.2 Å². The monoisotopic (exact) mass is 431 g/mol. The summed E-state index contributed by atoms with van der Waals surface area (Å²) in [7, 11) is -3.00. The van der Waals surface area contributed by atoms with Crippen molar-refractivity contribution in [3.63, 3.8) is 0 Å². The van der Waals surface area contributed by atoms with Gasteiger partial charge in [0.2, 0.25) is 0 Å². The molecule has 2 aromatic carbocycles. The fourth-order valence-electron chi connectivity index (χ4n) is 3.91. The largest absolute Gasteiger partial charge is 0.491 e. The molecule has 0 amide bonds. The molecule has 3 rings (SSSR count). The van der Waals surface area contributed by atoms with Crippen LogP contribution in [0, 0.1) is 13.8 Å². The van der Waals surface area contributed by atoms with Gasteiger partial charge in [0, 0.05) is 19.1 Å². The van der Waals surface area contributed by atoms with E-state index in [0.717, 1.165) is 28.9 Å². The Morgan fingerprint density at radius 1 is 1.13 bits per heavy atom. The first kappa shape index (κ1) is 22.8. The zero-order valence-corrected chi connectivity index (χ0v) is 19.0. The van der Waals surface area contributed by atoms with Crippen LogP contribution >= 0.6 is 0 Å². The fraction of sp³-hybridized carbons (Fsp3) is 0.500. The molecule has 0 bridgehead atoms. The lowest BCUT2D eigenvalue weighted by molar-refractivity contribution is 0.0522. The Hall–Kier alpha value is -1.89. The number of sulfone groups is 1. The van der Waals surface area contributed by atoms with Gasteiger partial charge in [-0.2, -0.15) is 0 Å². The van der Waals surface area contributed by atoms with Gasteiger partial charge in [-0.25, -0.2) is 8.42 Å². The molecule has 1 aliphatic heterocycles. The van der Waals surface area contributed by atoms with Gasteiger partial charge in [0.1, 0.15) is 18.5 Å². The first-order valence-corrected chi connectivity index (χ1v) is 12.5. The van der Waals surface area contributed by atoms with Crippen LogP contribution < -0.4 is 4.74 Å². The summed E-state index contributed by atoms with van der Waals surface area (Å²) in [5.74, 6) is 1.15. The smallest absolute Gasteiger partial charge is 0.151 e. The summed E-state index contributed by atoms with van der Waals surface area (Å²) >= 11 is 0. The highest BCUT2D eigenvalue weighted by Gasteiger charge is 2.33. The molecule has 0 spiro atoms. The van der Waals surface area contributed by atoms with Crippen LogP contribution in [-0.4, -0.2) is 55.2 Å². The quantitative estimate of drug-likeness (QED) is 0.660. The number of aliphatic hydroxyl groups is 1. The van der Waals surface area contributed by atoms with Crippen LogP contribution in [0.4, 0.5) is 0 Å². The third kappa shape index (κ3) is 6.06. The molecule has 1 heterocycles. The van der Waals surface area contributed by atoms with Crippen molar-refractivity contribution in [3.8, 4) is 5.75 Å². The van der Waals surface area contributed by atoms with E-state index in [1.165, 1.54) is 5.56 Å². The summed E-state index contributed by atoms with van der Waals surface area (Å²) in [6, 6.07) is 14.2. The zero-order valence-electron chi connectivity index (χ0n) is 18.2. The van der Waals surface area contributed by atoms with Crippen LogP contribution in [0.15, 0.2) is 42.5 Å². The van der Waals surface area contributed by atoms with Gasteiger partial charge in [0.25, 0.3) is 0 Å². The molecule has 0 saturated carbocycles. The molecule has 0 radical (unpaired) electrons. The van der Waals surface area contributed by atoms with E-state index in [1.807, 2.05) is 32.0 Å². The van der Waals surface area contributed by atoms with Crippen LogP contribution in [0.25, 0.3) is 0 Å². The minimum Gasteiger partial charge on any atom is -0.491 e. The van der Waals surface area contributed by atoms with Crippen molar-refractivity contribution in [1.82, 2.24) is 4.90 Å². The third-order valence-electron chi connectivity index (χ3n) is 5.97. The summed E-state index contributed by atoms with van der Waals surface area (Å²) in [5, 5.41) is 10.7. The number of aliphatic hydroxyl groups excluding tert-OH is 1. The number of hydrogen-bond acceptors (Lipinski definition) is 5. The molecule has 1 saturated heterocycles. The summed E-state index contributed by atoms with van der Waals surface area (Å²) in [6.07, 6.45) is 0.891. The maximum absolute atomic E-state index is 12.0. The van der Waals surface area contributed by atoms with Crippen molar-refractivity contribution >= 4 is 9.84 Å². The fourth-order valence-corrected chi connectivity index (χ4v) is 5.67. The van der Waals surface area contributed by atoms with E-state index >= 15 is 0 Å². The van der Waals surface area contributed by atoms with E-state index in [9.17, 15) is 13.5 Å². The van der Waals surface area contributed by atoms with Crippen molar-refractivity contribution in [2.75, 3.05) is 24.7 Å². The van der Waals surface area contributed by atoms with Crippen LogP contribution in [0.2, 0.25) is 0 Å². The normalized spacial score (nSPS) is 19.2. The first-order valence-electron chi connectivity index (χ1n) is 10.7. The van der Waals surface area contributed by atoms with Gasteiger partial charge in [-0.15, -0.1) is 0 Å². The SMILES string of the molecule is CCc1ccc(CN(CC(O)COc2cccc(C)c2C)C2CCS(=O)(=O)C2)cc1. The van der Waals surface area contributed by atoms with Crippen LogP contribution in [0.5, 0.6) is 5.75 Å². The minimum absolute atomic E-state index is 0.0730. The Labute approximate surface area is 180 Å². The van der Waals surface area contributed by atoms with Gasteiger partial charge < -0.3 is 9.84 Å². The molecule has 164 valence electrons. The standard InChI is InChI=1S/C24H33NO4S/c1-4-20-8-10-21(11-9-20)14-25(22-12-13-30(27,28)17-22)15-23(26)16-29-24-7-5-6-18(2)19(24)3/h5-11,22-23,26H,4,12-17H2,1-3H3. The van der Waals surface area contributed by atoms with Gasteiger partial charge in [0.15, 0.2) is 9.84 Å². The van der Waals surface area contributed by atoms with Crippen LogP contribution in [0.3, 0.4) is 0 Å². The van der Waals surface area contributed by atoms with E-state index < -0.39 is 15.9 Å². The highest BCUT2D eigenvalue weighted by molar-refractivity contribution is 7.91. The summed E-state index contributed by atoms with van der Waals surface area (Å²) in [5.41, 5.74) is 4.62. The van der Waals surface area contributed by atoms with Crippen LogP contribution in [-0.2, 0) is 22.8 Å². The maximum atomic E-state index is 12.0. The van der Waals surface area contributed by atoms with Gasteiger partial charge in [-0.1, -0.05) is 43.3 Å². The number of nitrogens with zero attached hydrogens (tertiary/aromatic N) is 1. The van der Waals surface area contributed by atoms with Gasteiger partial charge in [-0.3, -0.25) is 4.90 Å². The second-order valence-electron chi connectivity index (χ2n) is 8.32. The number of rotatable bonds is 9. The molecule has 30 heavy (non-hydrogen) atoms. The summed E-state index contributed by atoms with van der Waals surface area (Å²) in [6.45, 7) is 7.33. The second-order valence-corrected chi connectivity index (χ2v) is 10.5. The average molecular weight is 432 g/mol. The van der Waals surface area contributed by atoms with E-state index in [4.69, 9.17) is 4.74 Å². The predicted octanol–water partition coefficient (Wildman–Crippen LogP) is 3.29. The lowest BCUT2D eigenvalue weighted by Gasteiger charge is -2.30. The lowest BCUT2D eigenvalue weighted by Crippen LogP contribution is -2.42. The molecule has 1 aliphatic rings. The van der Waals surface area contributed by atoms with Crippen molar-refractivity contribution < 1.29 is 18.3 Å². The Morgan fingerprint density at radius 2 is 1.83 bits per heavy atom. The minimum atomic E-state index is -3.00. The molecular weight excluding hydrogens is 398 g/mol. The average Bonchev–Trinajstić information content (AvgIpc) is 3.09. The lowest BCUT2D eigenvalue weighted by atomic mass is 10.1. The zero-order chi connectivity index (χ0) is 21.7. The summed E-state index contributed by atoms with van der Waals surface area (Å²) in [4.78, 5) is 2.10. The Kier molecular flexibility index (Phi) is 7.55. The number of benzene rings is 2. The molecule has 2 atom stereocenters. The van der Waals surface area contributed by atoms with Crippen molar-refractivity contribution in [2.24, 2.45) is 0 Å². The molecule has 2 unspecified atom stereocenters. The molecule has 1 fully saturated rings. The Bertz CT molecular complexity index is 940.